The van der Waals surface area contributed by atoms with Gasteiger partial charge in [-0.2, -0.15) is 0 Å². The van der Waals surface area contributed by atoms with Crippen LogP contribution in [0.25, 0.3) is 0 Å². The number of hydrogen-bond acceptors (Lipinski definition) is 3. The minimum atomic E-state index is -0.923. The van der Waals surface area contributed by atoms with Gasteiger partial charge in [-0.05, 0) is 26.0 Å². The van der Waals surface area contributed by atoms with E-state index in [1.165, 1.54) is 17.0 Å². The van der Waals surface area contributed by atoms with Gasteiger partial charge in [0.2, 0.25) is 5.91 Å². The van der Waals surface area contributed by atoms with Crippen molar-refractivity contribution in [3.8, 4) is 5.75 Å². The summed E-state index contributed by atoms with van der Waals surface area (Å²) in [6.07, 6.45) is 0.184. The number of hydrogen-bond donors (Lipinski definition) is 1. The lowest BCUT2D eigenvalue weighted by Gasteiger charge is -2.25. The zero-order valence-electron chi connectivity index (χ0n) is 11.5. The molecule has 0 saturated carbocycles. The van der Waals surface area contributed by atoms with Gasteiger partial charge < -0.3 is 14.7 Å². The Morgan fingerprint density at radius 3 is 2.74 bits per heavy atom. The molecule has 4 nitrogen and oxygen atoms in total. The number of ether oxygens (including phenoxy) is 1. The number of likely N-dealkylation sites (N-methyl/N-ethyl adjacent to an activating group) is 1. The van der Waals surface area contributed by atoms with Gasteiger partial charge >= 0.3 is 0 Å². The van der Waals surface area contributed by atoms with Crippen LogP contribution in [0.15, 0.2) is 24.3 Å². The topological polar surface area (TPSA) is 49.8 Å². The number of aliphatic hydroxyl groups is 1. The van der Waals surface area contributed by atoms with Crippen LogP contribution in [0.5, 0.6) is 5.75 Å². The van der Waals surface area contributed by atoms with Gasteiger partial charge in [-0.1, -0.05) is 6.07 Å². The Hall–Kier alpha value is -1.62. The maximum Gasteiger partial charge on any atom is 0.225 e. The molecule has 5 heteroatoms. The van der Waals surface area contributed by atoms with E-state index in [0.717, 1.165) is 0 Å². The third-order valence-corrected chi connectivity index (χ3v) is 2.43. The van der Waals surface area contributed by atoms with Gasteiger partial charge in [-0.15, -0.1) is 0 Å². The molecule has 0 heterocycles. The van der Waals surface area contributed by atoms with Gasteiger partial charge in [0.25, 0.3) is 0 Å². The van der Waals surface area contributed by atoms with Gasteiger partial charge in [0.05, 0.1) is 18.6 Å². The molecule has 0 fully saturated rings. The molecule has 0 bridgehead atoms. The van der Waals surface area contributed by atoms with Crippen molar-refractivity contribution in [1.82, 2.24) is 4.90 Å². The van der Waals surface area contributed by atoms with Crippen molar-refractivity contribution in [2.24, 2.45) is 0 Å². The van der Waals surface area contributed by atoms with E-state index in [0.29, 0.717) is 5.75 Å². The number of benzene rings is 1. The van der Waals surface area contributed by atoms with Crippen LogP contribution in [0.4, 0.5) is 4.39 Å². The average molecular weight is 269 g/mol. The summed E-state index contributed by atoms with van der Waals surface area (Å²) in [4.78, 5) is 13.2. The molecule has 0 aliphatic heterocycles. The van der Waals surface area contributed by atoms with E-state index in [1.54, 1.807) is 33.0 Å². The molecule has 0 spiro atoms. The molecule has 0 unspecified atom stereocenters. The molecule has 1 rings (SSSR count). The van der Waals surface area contributed by atoms with E-state index >= 15 is 0 Å². The van der Waals surface area contributed by atoms with Crippen LogP contribution in [-0.4, -0.2) is 41.7 Å². The predicted molar refractivity (Wildman–Crippen MR) is 70.4 cm³/mol. The third kappa shape index (κ3) is 6.20. The summed E-state index contributed by atoms with van der Waals surface area (Å²) in [6.45, 7) is 3.71. The van der Waals surface area contributed by atoms with Crippen LogP contribution in [0, 0.1) is 5.82 Å². The highest BCUT2D eigenvalue weighted by molar-refractivity contribution is 5.76. The van der Waals surface area contributed by atoms with Crippen LogP contribution in [0.1, 0.15) is 20.3 Å². The smallest absolute Gasteiger partial charge is 0.225 e. The second-order valence-electron chi connectivity index (χ2n) is 5.12. The zero-order valence-corrected chi connectivity index (χ0v) is 11.5. The van der Waals surface area contributed by atoms with Crippen molar-refractivity contribution in [2.75, 3.05) is 20.2 Å². The Morgan fingerprint density at radius 2 is 2.16 bits per heavy atom. The van der Waals surface area contributed by atoms with Crippen LogP contribution >= 0.6 is 0 Å². The number of carbonyl (C=O) groups is 1. The maximum atomic E-state index is 12.9. The lowest BCUT2D eigenvalue weighted by molar-refractivity contribution is -0.133. The van der Waals surface area contributed by atoms with Crippen LogP contribution in [0.3, 0.4) is 0 Å². The number of amides is 1. The summed E-state index contributed by atoms with van der Waals surface area (Å²) in [7, 11) is 1.63. The van der Waals surface area contributed by atoms with Gasteiger partial charge in [0.1, 0.15) is 11.6 Å². The molecular weight excluding hydrogens is 249 g/mol. The van der Waals surface area contributed by atoms with Gasteiger partial charge in [0.15, 0.2) is 0 Å². The first-order valence-corrected chi connectivity index (χ1v) is 6.13. The van der Waals surface area contributed by atoms with E-state index in [4.69, 9.17) is 4.74 Å². The normalized spacial score (nSPS) is 11.2. The van der Waals surface area contributed by atoms with E-state index in [9.17, 15) is 14.3 Å². The number of nitrogens with zero attached hydrogens (tertiary/aromatic N) is 1. The lowest BCUT2D eigenvalue weighted by Crippen LogP contribution is -2.40. The first-order chi connectivity index (χ1) is 8.78. The van der Waals surface area contributed by atoms with Gasteiger partial charge in [-0.25, -0.2) is 4.39 Å². The van der Waals surface area contributed by atoms with E-state index < -0.39 is 5.60 Å². The van der Waals surface area contributed by atoms with Crippen molar-refractivity contribution in [3.63, 3.8) is 0 Å². The molecule has 0 atom stereocenters. The van der Waals surface area contributed by atoms with Gasteiger partial charge in [-0.3, -0.25) is 4.79 Å². The lowest BCUT2D eigenvalue weighted by atomic mass is 10.1. The molecule has 106 valence electrons. The molecule has 0 aliphatic carbocycles. The van der Waals surface area contributed by atoms with Crippen LogP contribution < -0.4 is 4.74 Å². The molecule has 1 aromatic rings. The minimum Gasteiger partial charge on any atom is -0.493 e. The quantitative estimate of drug-likeness (QED) is 0.857. The highest BCUT2D eigenvalue weighted by Gasteiger charge is 2.19. The van der Waals surface area contributed by atoms with E-state index in [2.05, 4.69) is 0 Å². The highest BCUT2D eigenvalue weighted by atomic mass is 19.1. The highest BCUT2D eigenvalue weighted by Crippen LogP contribution is 2.12. The molecule has 1 amide bonds. The fourth-order valence-corrected chi connectivity index (χ4v) is 1.67. The van der Waals surface area contributed by atoms with Gasteiger partial charge in [0, 0.05) is 19.7 Å². The molecule has 1 aromatic carbocycles. The monoisotopic (exact) mass is 269 g/mol. The Kier molecular flexibility index (Phi) is 5.30. The summed E-state index contributed by atoms with van der Waals surface area (Å²) in [6, 6.07) is 5.78. The fraction of sp³-hybridized carbons (Fsp3) is 0.500. The first-order valence-electron chi connectivity index (χ1n) is 6.13. The van der Waals surface area contributed by atoms with E-state index in [1.807, 2.05) is 0 Å². The fourth-order valence-electron chi connectivity index (χ4n) is 1.67. The van der Waals surface area contributed by atoms with E-state index in [-0.39, 0.29) is 31.3 Å². The SMILES string of the molecule is CN(CC(C)(C)O)C(=O)CCOc1cccc(F)c1. The number of halogens is 1. The number of carbonyl (C=O) groups excluding carboxylic acids is 1. The number of rotatable bonds is 6. The summed E-state index contributed by atoms with van der Waals surface area (Å²) < 4.78 is 18.2. The predicted octanol–water partition coefficient (Wildman–Crippen LogP) is 1.82. The standard InChI is InChI=1S/C14H20FNO3/c1-14(2,18)10-16(3)13(17)7-8-19-12-6-4-5-11(15)9-12/h4-6,9,18H,7-8,10H2,1-3H3. The largest absolute Gasteiger partial charge is 0.493 e. The Labute approximate surface area is 112 Å². The second-order valence-corrected chi connectivity index (χ2v) is 5.12. The summed E-state index contributed by atoms with van der Waals surface area (Å²) in [5, 5.41) is 9.60. The molecule has 0 aliphatic rings. The molecule has 0 radical (unpaired) electrons. The maximum absolute atomic E-state index is 12.9. The molecule has 0 saturated heterocycles. The van der Waals surface area contributed by atoms with Crippen molar-refractivity contribution < 1.29 is 19.0 Å². The Morgan fingerprint density at radius 1 is 1.47 bits per heavy atom. The van der Waals surface area contributed by atoms with Crippen molar-refractivity contribution >= 4 is 5.91 Å². The first kappa shape index (κ1) is 15.4. The van der Waals surface area contributed by atoms with Crippen molar-refractivity contribution in [3.05, 3.63) is 30.1 Å². The van der Waals surface area contributed by atoms with Crippen molar-refractivity contribution in [1.29, 1.82) is 0 Å². The molecular formula is C14H20FNO3. The molecule has 0 aromatic heterocycles. The van der Waals surface area contributed by atoms with Crippen LogP contribution in [0.2, 0.25) is 0 Å². The Balaban J connectivity index is 2.35. The molecule has 1 N–H and O–H groups in total. The van der Waals surface area contributed by atoms with Crippen LogP contribution in [-0.2, 0) is 4.79 Å². The van der Waals surface area contributed by atoms with Crippen molar-refractivity contribution in [2.45, 2.75) is 25.9 Å². The summed E-state index contributed by atoms with van der Waals surface area (Å²) in [5.41, 5.74) is -0.923. The Bertz CT molecular complexity index is 429. The zero-order chi connectivity index (χ0) is 14.5. The third-order valence-electron chi connectivity index (χ3n) is 2.43. The minimum absolute atomic E-state index is 0.126. The average Bonchev–Trinajstić information content (AvgIpc) is 2.26. The molecule has 19 heavy (non-hydrogen) atoms. The second kappa shape index (κ2) is 6.52. The summed E-state index contributed by atoms with van der Waals surface area (Å²) in [5.74, 6) is -0.0977. The summed E-state index contributed by atoms with van der Waals surface area (Å²) >= 11 is 0.